The summed E-state index contributed by atoms with van der Waals surface area (Å²) in [5.74, 6) is 0.836. The van der Waals surface area contributed by atoms with Gasteiger partial charge in [-0.3, -0.25) is 0 Å². The van der Waals surface area contributed by atoms with Gasteiger partial charge in [0.05, 0.1) is 6.10 Å². The van der Waals surface area contributed by atoms with Crippen LogP contribution >= 0.6 is 11.8 Å². The number of rotatable bonds is 6. The van der Waals surface area contributed by atoms with Crippen molar-refractivity contribution in [3.05, 3.63) is 34.9 Å². The van der Waals surface area contributed by atoms with E-state index >= 15 is 0 Å². The molecule has 1 N–H and O–H groups in total. The van der Waals surface area contributed by atoms with Crippen LogP contribution in [0.3, 0.4) is 0 Å². The molecule has 17 heavy (non-hydrogen) atoms. The molecule has 0 saturated heterocycles. The number of aliphatic hydroxyl groups is 1. The second-order valence-electron chi connectivity index (χ2n) is 4.84. The molecule has 2 unspecified atom stereocenters. The van der Waals surface area contributed by atoms with Crippen LogP contribution in [0.4, 0.5) is 0 Å². The van der Waals surface area contributed by atoms with E-state index in [4.69, 9.17) is 0 Å². The smallest absolute Gasteiger partial charge is 0.0671 e. The van der Waals surface area contributed by atoms with Crippen LogP contribution in [0.2, 0.25) is 0 Å². The molecule has 1 nitrogen and oxygen atoms in total. The lowest BCUT2D eigenvalue weighted by molar-refractivity contribution is 0.200. The Hall–Kier alpha value is -0.470. The molecule has 1 aromatic carbocycles. The minimum absolute atomic E-state index is 0.227. The van der Waals surface area contributed by atoms with Gasteiger partial charge in [0.1, 0.15) is 0 Å². The Labute approximate surface area is 110 Å². The third kappa shape index (κ3) is 5.13. The third-order valence-corrected chi connectivity index (χ3v) is 4.59. The van der Waals surface area contributed by atoms with Crippen molar-refractivity contribution >= 4 is 11.8 Å². The zero-order valence-corrected chi connectivity index (χ0v) is 12.2. The molecule has 0 spiro atoms. The Kier molecular flexibility index (Phi) is 6.07. The summed E-state index contributed by atoms with van der Waals surface area (Å²) < 4.78 is 0. The molecule has 2 atom stereocenters. The largest absolute Gasteiger partial charge is 0.392 e. The average Bonchev–Trinajstić information content (AvgIpc) is 2.30. The zero-order chi connectivity index (χ0) is 12.8. The van der Waals surface area contributed by atoms with Crippen LogP contribution in [0.1, 0.15) is 37.0 Å². The summed E-state index contributed by atoms with van der Waals surface area (Å²) >= 11 is 1.86. The highest BCUT2D eigenvalue weighted by atomic mass is 32.2. The second-order valence-corrected chi connectivity index (χ2v) is 6.31. The maximum atomic E-state index is 10.0. The predicted octanol–water partition coefficient (Wildman–Crippen LogP) is 3.74. The van der Waals surface area contributed by atoms with E-state index in [1.54, 1.807) is 0 Å². The first kappa shape index (κ1) is 14.6. The fourth-order valence-corrected chi connectivity index (χ4v) is 2.63. The maximum Gasteiger partial charge on any atom is 0.0671 e. The van der Waals surface area contributed by atoms with Gasteiger partial charge >= 0.3 is 0 Å². The van der Waals surface area contributed by atoms with Crippen molar-refractivity contribution in [1.82, 2.24) is 0 Å². The Morgan fingerprint density at radius 1 is 1.29 bits per heavy atom. The van der Waals surface area contributed by atoms with Crippen molar-refractivity contribution in [2.45, 2.75) is 51.9 Å². The minimum Gasteiger partial charge on any atom is -0.392 e. The van der Waals surface area contributed by atoms with Crippen LogP contribution in [0.25, 0.3) is 0 Å². The molecule has 96 valence electrons. The number of benzene rings is 1. The summed E-state index contributed by atoms with van der Waals surface area (Å²) in [5.41, 5.74) is 3.83. The Morgan fingerprint density at radius 3 is 2.65 bits per heavy atom. The summed E-state index contributed by atoms with van der Waals surface area (Å²) in [5, 5.41) is 10.7. The Balaban J connectivity index is 2.50. The van der Waals surface area contributed by atoms with Crippen molar-refractivity contribution in [2.75, 3.05) is 5.75 Å². The molecule has 0 radical (unpaired) electrons. The van der Waals surface area contributed by atoms with E-state index in [1.165, 1.54) is 23.1 Å². The van der Waals surface area contributed by atoms with Crippen LogP contribution in [-0.4, -0.2) is 22.2 Å². The summed E-state index contributed by atoms with van der Waals surface area (Å²) in [4.78, 5) is 0. The molecule has 0 saturated carbocycles. The normalized spacial score (nSPS) is 14.6. The molecule has 1 rings (SSSR count). The monoisotopic (exact) mass is 252 g/mol. The molecule has 2 heteroatoms. The zero-order valence-electron chi connectivity index (χ0n) is 11.4. The summed E-state index contributed by atoms with van der Waals surface area (Å²) in [7, 11) is 0. The van der Waals surface area contributed by atoms with Gasteiger partial charge in [-0.1, -0.05) is 37.6 Å². The van der Waals surface area contributed by atoms with E-state index in [2.05, 4.69) is 45.9 Å². The highest BCUT2D eigenvalue weighted by molar-refractivity contribution is 7.99. The van der Waals surface area contributed by atoms with Gasteiger partial charge in [-0.25, -0.2) is 0 Å². The molecule has 0 aliphatic rings. The molecule has 0 amide bonds. The van der Waals surface area contributed by atoms with E-state index in [0.29, 0.717) is 5.25 Å². The first-order valence-electron chi connectivity index (χ1n) is 6.38. The van der Waals surface area contributed by atoms with Gasteiger partial charge in [-0.15, -0.1) is 0 Å². The predicted molar refractivity (Wildman–Crippen MR) is 77.8 cm³/mol. The third-order valence-electron chi connectivity index (χ3n) is 3.11. The Morgan fingerprint density at radius 2 is 2.00 bits per heavy atom. The van der Waals surface area contributed by atoms with Gasteiger partial charge in [-0.2, -0.15) is 11.8 Å². The van der Waals surface area contributed by atoms with E-state index in [-0.39, 0.29) is 6.10 Å². The minimum atomic E-state index is -0.227. The second kappa shape index (κ2) is 7.07. The number of thioether (sulfide) groups is 1. The molecular formula is C15H24OS. The molecule has 0 fully saturated rings. The quantitative estimate of drug-likeness (QED) is 0.832. The lowest BCUT2D eigenvalue weighted by Gasteiger charge is -2.15. The van der Waals surface area contributed by atoms with Crippen LogP contribution in [0.5, 0.6) is 0 Å². The van der Waals surface area contributed by atoms with Gasteiger partial charge in [0.25, 0.3) is 0 Å². The van der Waals surface area contributed by atoms with Gasteiger partial charge in [-0.05, 0) is 37.8 Å². The van der Waals surface area contributed by atoms with E-state index < -0.39 is 0 Å². The van der Waals surface area contributed by atoms with Crippen molar-refractivity contribution in [2.24, 2.45) is 0 Å². The highest BCUT2D eigenvalue weighted by Crippen LogP contribution is 2.18. The highest BCUT2D eigenvalue weighted by Gasteiger charge is 2.10. The van der Waals surface area contributed by atoms with E-state index in [1.807, 2.05) is 11.8 Å². The number of aryl methyl sites for hydroxylation is 2. The van der Waals surface area contributed by atoms with Gasteiger partial charge in [0.2, 0.25) is 0 Å². The van der Waals surface area contributed by atoms with Crippen molar-refractivity contribution in [3.63, 3.8) is 0 Å². The average molecular weight is 252 g/mol. The van der Waals surface area contributed by atoms with Crippen molar-refractivity contribution in [1.29, 1.82) is 0 Å². The summed E-state index contributed by atoms with van der Waals surface area (Å²) in [6.45, 7) is 8.62. The lowest BCUT2D eigenvalue weighted by Crippen LogP contribution is -2.16. The van der Waals surface area contributed by atoms with Gasteiger partial charge in [0, 0.05) is 11.0 Å². The van der Waals surface area contributed by atoms with Crippen molar-refractivity contribution < 1.29 is 5.11 Å². The molecule has 0 bridgehead atoms. The van der Waals surface area contributed by atoms with Crippen LogP contribution < -0.4 is 0 Å². The first-order valence-corrected chi connectivity index (χ1v) is 7.43. The van der Waals surface area contributed by atoms with E-state index in [9.17, 15) is 5.11 Å². The molecule has 0 aliphatic heterocycles. The van der Waals surface area contributed by atoms with E-state index in [0.717, 1.165) is 12.2 Å². The fourth-order valence-electron chi connectivity index (χ4n) is 1.73. The van der Waals surface area contributed by atoms with Gasteiger partial charge < -0.3 is 5.11 Å². The SMILES string of the molecule is CCC(C)SCC(O)Cc1cc(C)ccc1C. The number of aliphatic hydroxyl groups excluding tert-OH is 1. The molecule has 0 aliphatic carbocycles. The number of hydrogen-bond acceptors (Lipinski definition) is 2. The maximum absolute atomic E-state index is 10.0. The molecular weight excluding hydrogens is 228 g/mol. The molecule has 0 aromatic heterocycles. The summed E-state index contributed by atoms with van der Waals surface area (Å²) in [6.07, 6.45) is 1.71. The fraction of sp³-hybridized carbons (Fsp3) is 0.600. The standard InChI is InChI=1S/C15H24OS/c1-5-13(4)17-10-15(16)9-14-8-11(2)6-7-12(14)3/h6-8,13,15-16H,5,9-10H2,1-4H3. The number of hydrogen-bond donors (Lipinski definition) is 1. The van der Waals surface area contributed by atoms with Crippen LogP contribution in [0.15, 0.2) is 18.2 Å². The first-order chi connectivity index (χ1) is 8.02. The van der Waals surface area contributed by atoms with Crippen LogP contribution in [-0.2, 0) is 6.42 Å². The topological polar surface area (TPSA) is 20.2 Å². The lowest BCUT2D eigenvalue weighted by atomic mass is 10.0. The van der Waals surface area contributed by atoms with Crippen molar-refractivity contribution in [3.8, 4) is 0 Å². The summed E-state index contributed by atoms with van der Waals surface area (Å²) in [6, 6.07) is 6.45. The molecule has 1 aromatic rings. The van der Waals surface area contributed by atoms with Crippen LogP contribution in [0, 0.1) is 13.8 Å². The molecule has 0 heterocycles. The Bertz CT molecular complexity index is 349. The van der Waals surface area contributed by atoms with Gasteiger partial charge in [0.15, 0.2) is 0 Å².